The third-order valence-corrected chi connectivity index (χ3v) is 4.11. The molecule has 2 heterocycles. The Morgan fingerprint density at radius 1 is 1.22 bits per heavy atom. The van der Waals surface area contributed by atoms with E-state index in [1.54, 1.807) is 6.20 Å². The smallest absolute Gasteiger partial charge is 0.191 e. The van der Waals surface area contributed by atoms with Crippen LogP contribution in [0.1, 0.15) is 18.2 Å². The molecule has 1 aliphatic heterocycles. The normalized spacial score (nSPS) is 12.9. The molecule has 27 heavy (non-hydrogen) atoms. The first-order valence-electron chi connectivity index (χ1n) is 8.76. The first-order chi connectivity index (χ1) is 12.8. The maximum Gasteiger partial charge on any atom is 0.191 e. The van der Waals surface area contributed by atoms with Crippen LogP contribution in [-0.2, 0) is 13.0 Å². The molecule has 0 saturated heterocycles. The van der Waals surface area contributed by atoms with E-state index in [1.165, 1.54) is 0 Å². The van der Waals surface area contributed by atoms with Gasteiger partial charge in [-0.25, -0.2) is 4.99 Å². The number of pyridine rings is 1. The molecule has 6 nitrogen and oxygen atoms in total. The Labute approximate surface area is 181 Å². The van der Waals surface area contributed by atoms with Crippen molar-refractivity contribution in [3.8, 4) is 11.5 Å². The minimum atomic E-state index is 0. The Hall–Kier alpha value is -1.74. The molecule has 1 aromatic heterocycles. The lowest BCUT2D eigenvalue weighted by Gasteiger charge is -2.20. The third-order valence-electron chi connectivity index (χ3n) is 3.83. The lowest BCUT2D eigenvalue weighted by Crippen LogP contribution is -2.38. The van der Waals surface area contributed by atoms with Crippen molar-refractivity contribution in [2.45, 2.75) is 19.9 Å². The van der Waals surface area contributed by atoms with Gasteiger partial charge >= 0.3 is 0 Å². The minimum Gasteiger partial charge on any atom is -0.486 e. The van der Waals surface area contributed by atoms with Crippen LogP contribution in [0.2, 0.25) is 5.02 Å². The number of nitrogens with one attached hydrogen (secondary N) is 2. The largest absolute Gasteiger partial charge is 0.486 e. The van der Waals surface area contributed by atoms with Gasteiger partial charge in [-0.1, -0.05) is 17.7 Å². The highest BCUT2D eigenvalue weighted by Gasteiger charge is 2.16. The second kappa shape index (κ2) is 11.2. The Bertz CT molecular complexity index is 759. The van der Waals surface area contributed by atoms with Crippen LogP contribution < -0.4 is 20.1 Å². The molecule has 0 atom stereocenters. The summed E-state index contributed by atoms with van der Waals surface area (Å²) in [4.78, 5) is 8.85. The molecule has 0 spiro atoms. The first kappa shape index (κ1) is 21.6. The molecule has 3 rings (SSSR count). The van der Waals surface area contributed by atoms with Crippen molar-refractivity contribution in [3.63, 3.8) is 0 Å². The van der Waals surface area contributed by atoms with E-state index < -0.39 is 0 Å². The van der Waals surface area contributed by atoms with Crippen LogP contribution in [0.5, 0.6) is 11.5 Å². The van der Waals surface area contributed by atoms with Crippen molar-refractivity contribution >= 4 is 41.5 Å². The maximum atomic E-state index is 6.29. The van der Waals surface area contributed by atoms with Crippen LogP contribution in [0.15, 0.2) is 41.5 Å². The minimum absolute atomic E-state index is 0. The monoisotopic (exact) mass is 502 g/mol. The van der Waals surface area contributed by atoms with Crippen LogP contribution in [0.3, 0.4) is 0 Å². The summed E-state index contributed by atoms with van der Waals surface area (Å²) in [6, 6.07) is 9.73. The standard InChI is InChI=1S/C19H23ClN4O2.HI/c1-2-21-19(24-13-15-5-3-4-7-22-15)23-8-6-14-11-16(20)18-17(12-14)25-9-10-26-18;/h3-5,7,11-12H,2,6,8-10,13H2,1H3,(H2,21,23,24);1H. The summed E-state index contributed by atoms with van der Waals surface area (Å²) in [5.74, 6) is 2.12. The van der Waals surface area contributed by atoms with Gasteiger partial charge in [-0.2, -0.15) is 0 Å². The first-order valence-corrected chi connectivity index (χ1v) is 9.14. The molecule has 0 saturated carbocycles. The Balaban J connectivity index is 0.00000261. The average Bonchev–Trinajstić information content (AvgIpc) is 2.67. The molecule has 0 fully saturated rings. The summed E-state index contributed by atoms with van der Waals surface area (Å²) < 4.78 is 11.2. The van der Waals surface area contributed by atoms with E-state index >= 15 is 0 Å². The number of halogens is 2. The molecule has 1 aromatic carbocycles. The van der Waals surface area contributed by atoms with Gasteiger partial charge in [0.1, 0.15) is 13.2 Å². The fourth-order valence-electron chi connectivity index (χ4n) is 2.63. The lowest BCUT2D eigenvalue weighted by molar-refractivity contribution is 0.171. The summed E-state index contributed by atoms with van der Waals surface area (Å²) in [7, 11) is 0. The van der Waals surface area contributed by atoms with Crippen molar-refractivity contribution in [1.29, 1.82) is 0 Å². The van der Waals surface area contributed by atoms with Gasteiger partial charge in [0.2, 0.25) is 0 Å². The molecule has 2 aromatic rings. The molecule has 0 unspecified atom stereocenters. The van der Waals surface area contributed by atoms with Gasteiger partial charge in [0.15, 0.2) is 17.5 Å². The fourth-order valence-corrected chi connectivity index (χ4v) is 2.92. The van der Waals surface area contributed by atoms with Crippen LogP contribution >= 0.6 is 35.6 Å². The van der Waals surface area contributed by atoms with E-state index in [0.29, 0.717) is 30.5 Å². The van der Waals surface area contributed by atoms with Gasteiger partial charge in [0.25, 0.3) is 0 Å². The Morgan fingerprint density at radius 3 is 2.85 bits per heavy atom. The summed E-state index contributed by atoms with van der Waals surface area (Å²) >= 11 is 6.29. The van der Waals surface area contributed by atoms with Gasteiger partial charge in [-0.3, -0.25) is 4.98 Å². The second-order valence-corrected chi connectivity index (χ2v) is 6.20. The molecule has 0 bridgehead atoms. The Morgan fingerprint density at radius 2 is 2.07 bits per heavy atom. The molecule has 0 aliphatic carbocycles. The van der Waals surface area contributed by atoms with Crippen LogP contribution in [0, 0.1) is 0 Å². The van der Waals surface area contributed by atoms with Crippen molar-refractivity contribution in [2.24, 2.45) is 4.99 Å². The molecule has 0 radical (unpaired) electrons. The van der Waals surface area contributed by atoms with E-state index in [2.05, 4.69) is 20.6 Å². The lowest BCUT2D eigenvalue weighted by atomic mass is 10.1. The number of ether oxygens (including phenoxy) is 2. The number of nitrogens with zero attached hydrogens (tertiary/aromatic N) is 2. The molecular formula is C19H24ClIN4O2. The van der Waals surface area contributed by atoms with E-state index in [0.717, 1.165) is 42.5 Å². The van der Waals surface area contributed by atoms with Crippen LogP contribution in [0.25, 0.3) is 0 Å². The number of hydrogen-bond donors (Lipinski definition) is 2. The average molecular weight is 503 g/mol. The van der Waals surface area contributed by atoms with Crippen molar-refractivity contribution in [3.05, 3.63) is 52.8 Å². The van der Waals surface area contributed by atoms with E-state index in [-0.39, 0.29) is 24.0 Å². The van der Waals surface area contributed by atoms with Gasteiger partial charge < -0.3 is 20.1 Å². The van der Waals surface area contributed by atoms with Crippen LogP contribution in [-0.4, -0.2) is 37.2 Å². The van der Waals surface area contributed by atoms with Crippen molar-refractivity contribution < 1.29 is 9.47 Å². The fraction of sp³-hybridized carbons (Fsp3) is 0.368. The molecule has 0 amide bonds. The van der Waals surface area contributed by atoms with E-state index in [9.17, 15) is 0 Å². The molecule has 1 aliphatic rings. The number of rotatable bonds is 6. The number of fused-ring (bicyclic) bond motifs is 1. The summed E-state index contributed by atoms with van der Waals surface area (Å²) in [6.45, 7) is 5.18. The maximum absolute atomic E-state index is 6.29. The highest BCUT2D eigenvalue weighted by atomic mass is 127. The Kier molecular flexibility index (Phi) is 8.93. The number of aliphatic imine (C=N–C) groups is 1. The molecular weight excluding hydrogens is 479 g/mol. The summed E-state index contributed by atoms with van der Waals surface area (Å²) in [5, 5.41) is 7.17. The summed E-state index contributed by atoms with van der Waals surface area (Å²) in [5.41, 5.74) is 2.02. The van der Waals surface area contributed by atoms with Crippen molar-refractivity contribution in [2.75, 3.05) is 26.3 Å². The number of aromatic nitrogens is 1. The number of hydrogen-bond acceptors (Lipinski definition) is 4. The highest BCUT2D eigenvalue weighted by Crippen LogP contribution is 2.38. The van der Waals surface area contributed by atoms with Crippen molar-refractivity contribution in [1.82, 2.24) is 15.6 Å². The SMILES string of the molecule is CCNC(=NCc1ccccn1)NCCc1cc(Cl)c2c(c1)OCCO2.I. The van der Waals surface area contributed by atoms with Gasteiger partial charge in [0, 0.05) is 19.3 Å². The molecule has 8 heteroatoms. The van der Waals surface area contributed by atoms with Gasteiger partial charge in [0.05, 0.1) is 17.3 Å². The van der Waals surface area contributed by atoms with Gasteiger partial charge in [-0.05, 0) is 43.2 Å². The van der Waals surface area contributed by atoms with E-state index in [4.69, 9.17) is 21.1 Å². The zero-order valence-electron chi connectivity index (χ0n) is 15.2. The van der Waals surface area contributed by atoms with E-state index in [1.807, 2.05) is 37.3 Å². The summed E-state index contributed by atoms with van der Waals surface area (Å²) in [6.07, 6.45) is 2.57. The zero-order valence-corrected chi connectivity index (χ0v) is 18.3. The van der Waals surface area contributed by atoms with Crippen LogP contribution in [0.4, 0.5) is 0 Å². The molecule has 146 valence electrons. The van der Waals surface area contributed by atoms with Gasteiger partial charge in [-0.15, -0.1) is 24.0 Å². The predicted octanol–water partition coefficient (Wildman–Crippen LogP) is 3.42. The number of guanidine groups is 1. The topological polar surface area (TPSA) is 67.8 Å². The predicted molar refractivity (Wildman–Crippen MR) is 119 cm³/mol. The zero-order chi connectivity index (χ0) is 18.2. The molecule has 2 N–H and O–H groups in total. The quantitative estimate of drug-likeness (QED) is 0.360. The highest BCUT2D eigenvalue weighted by molar-refractivity contribution is 14.0. The number of benzene rings is 1. The third kappa shape index (κ3) is 6.42. The second-order valence-electron chi connectivity index (χ2n) is 5.79.